The van der Waals surface area contributed by atoms with Crippen LogP contribution in [0.25, 0.3) is 0 Å². The lowest BCUT2D eigenvalue weighted by molar-refractivity contribution is 0.0200. The van der Waals surface area contributed by atoms with Crippen molar-refractivity contribution in [3.8, 4) is 0 Å². The van der Waals surface area contributed by atoms with Crippen LogP contribution < -0.4 is 0 Å². The van der Waals surface area contributed by atoms with Gasteiger partial charge in [-0.25, -0.2) is 0 Å². The summed E-state index contributed by atoms with van der Waals surface area (Å²) in [6, 6.07) is 18.5. The van der Waals surface area contributed by atoms with Crippen LogP contribution in [0.4, 0.5) is 0 Å². The quantitative estimate of drug-likeness (QED) is 0.780. The highest BCUT2D eigenvalue weighted by molar-refractivity contribution is 5.94. The van der Waals surface area contributed by atoms with Crippen molar-refractivity contribution in [2.24, 2.45) is 5.92 Å². The minimum atomic E-state index is 0.116. The van der Waals surface area contributed by atoms with E-state index in [-0.39, 0.29) is 18.1 Å². The van der Waals surface area contributed by atoms with E-state index in [1.807, 2.05) is 42.2 Å². The van der Waals surface area contributed by atoms with E-state index in [1.54, 1.807) is 0 Å². The molecule has 0 N–H and O–H groups in total. The number of ether oxygens (including phenoxy) is 1. The van der Waals surface area contributed by atoms with Crippen molar-refractivity contribution in [1.29, 1.82) is 0 Å². The van der Waals surface area contributed by atoms with Gasteiger partial charge in [-0.3, -0.25) is 4.79 Å². The predicted octanol–water partition coefficient (Wildman–Crippen LogP) is 4.25. The Morgan fingerprint density at radius 2 is 1.77 bits per heavy atom. The molecule has 1 aliphatic carbocycles. The van der Waals surface area contributed by atoms with E-state index in [4.69, 9.17) is 4.74 Å². The fraction of sp³-hybridized carbons (Fsp3) is 0.435. The smallest absolute Gasteiger partial charge is 0.254 e. The average molecular weight is 349 g/mol. The van der Waals surface area contributed by atoms with E-state index in [0.29, 0.717) is 0 Å². The van der Waals surface area contributed by atoms with Crippen molar-refractivity contribution < 1.29 is 9.53 Å². The van der Waals surface area contributed by atoms with Crippen LogP contribution in [0, 0.1) is 12.8 Å². The predicted molar refractivity (Wildman–Crippen MR) is 103 cm³/mol. The van der Waals surface area contributed by atoms with E-state index >= 15 is 0 Å². The van der Waals surface area contributed by atoms with Gasteiger partial charge in [-0.15, -0.1) is 0 Å². The second-order valence-electron chi connectivity index (χ2n) is 7.73. The highest BCUT2D eigenvalue weighted by Gasteiger charge is 2.38. The molecule has 0 aromatic heterocycles. The molecule has 26 heavy (non-hydrogen) atoms. The van der Waals surface area contributed by atoms with Crippen molar-refractivity contribution in [1.82, 2.24) is 4.90 Å². The first kappa shape index (κ1) is 17.3. The van der Waals surface area contributed by atoms with Gasteiger partial charge in [0.1, 0.15) is 0 Å². The number of nitrogens with zero attached hydrogens (tertiary/aromatic N) is 1. The number of carbonyl (C=O) groups excluding carboxylic acids is 1. The number of rotatable bonds is 6. The maximum atomic E-state index is 13.1. The van der Waals surface area contributed by atoms with E-state index in [9.17, 15) is 4.79 Å². The molecule has 1 heterocycles. The molecule has 2 fully saturated rings. The molecule has 0 bridgehead atoms. The molecule has 1 saturated heterocycles. The van der Waals surface area contributed by atoms with E-state index in [0.717, 1.165) is 37.5 Å². The number of carbonyl (C=O) groups is 1. The second-order valence-corrected chi connectivity index (χ2v) is 7.73. The normalized spacial score (nSPS) is 22.6. The third-order valence-corrected chi connectivity index (χ3v) is 5.57. The lowest BCUT2D eigenvalue weighted by Gasteiger charge is -2.28. The topological polar surface area (TPSA) is 29.5 Å². The molecule has 3 heteroatoms. The summed E-state index contributed by atoms with van der Waals surface area (Å²) in [4.78, 5) is 15.2. The minimum absolute atomic E-state index is 0.116. The maximum Gasteiger partial charge on any atom is 0.254 e. The number of aryl methyl sites for hydroxylation is 1. The number of amides is 1. The van der Waals surface area contributed by atoms with Gasteiger partial charge in [-0.1, -0.05) is 48.0 Å². The monoisotopic (exact) mass is 349 g/mol. The minimum Gasteiger partial charge on any atom is -0.376 e. The Labute approximate surface area is 156 Å². The molecule has 2 atom stereocenters. The van der Waals surface area contributed by atoms with Crippen LogP contribution >= 0.6 is 0 Å². The fourth-order valence-corrected chi connectivity index (χ4v) is 3.78. The molecule has 0 radical (unpaired) electrons. The molecular formula is C23H27NO2. The zero-order chi connectivity index (χ0) is 17.9. The van der Waals surface area contributed by atoms with E-state index in [1.165, 1.54) is 24.0 Å². The van der Waals surface area contributed by atoms with Gasteiger partial charge >= 0.3 is 0 Å². The third kappa shape index (κ3) is 3.99. The van der Waals surface area contributed by atoms with Gasteiger partial charge in [-0.2, -0.15) is 0 Å². The van der Waals surface area contributed by atoms with Crippen LogP contribution in [-0.2, 0) is 11.2 Å². The summed E-state index contributed by atoms with van der Waals surface area (Å²) in [5.74, 6) is 0.873. The van der Waals surface area contributed by atoms with Crippen molar-refractivity contribution in [3.05, 3.63) is 71.3 Å². The van der Waals surface area contributed by atoms with Gasteiger partial charge < -0.3 is 9.64 Å². The van der Waals surface area contributed by atoms with E-state index < -0.39 is 0 Å². The third-order valence-electron chi connectivity index (χ3n) is 5.57. The summed E-state index contributed by atoms with van der Waals surface area (Å²) in [6.07, 6.45) is 4.52. The SMILES string of the molecule is Cc1ccc(C(=O)N2CC[C@@H](OCC3CC3)[C@@H]2Cc2ccccc2)cc1. The molecule has 0 unspecified atom stereocenters. The van der Waals surface area contributed by atoms with Crippen LogP contribution in [0.1, 0.15) is 40.7 Å². The van der Waals surface area contributed by atoms with Gasteiger partial charge in [-0.05, 0) is 56.2 Å². The highest BCUT2D eigenvalue weighted by atomic mass is 16.5. The van der Waals surface area contributed by atoms with Gasteiger partial charge in [0, 0.05) is 18.7 Å². The van der Waals surface area contributed by atoms with Crippen molar-refractivity contribution >= 4 is 5.91 Å². The van der Waals surface area contributed by atoms with Crippen LogP contribution in [0.5, 0.6) is 0 Å². The van der Waals surface area contributed by atoms with Gasteiger partial charge in [0.2, 0.25) is 0 Å². The van der Waals surface area contributed by atoms with Crippen LogP contribution in [0.2, 0.25) is 0 Å². The Balaban J connectivity index is 1.52. The van der Waals surface area contributed by atoms with Gasteiger partial charge in [0.25, 0.3) is 5.91 Å². The molecule has 136 valence electrons. The largest absolute Gasteiger partial charge is 0.376 e. The summed E-state index contributed by atoms with van der Waals surface area (Å²) in [5.41, 5.74) is 3.21. The molecule has 0 spiro atoms. The first-order chi connectivity index (χ1) is 12.7. The number of hydrogen-bond donors (Lipinski definition) is 0. The second kappa shape index (κ2) is 7.63. The summed E-state index contributed by atoms with van der Waals surface area (Å²) in [7, 11) is 0. The molecule has 2 aromatic rings. The highest BCUT2D eigenvalue weighted by Crippen LogP contribution is 2.32. The van der Waals surface area contributed by atoms with E-state index in [2.05, 4.69) is 24.3 Å². The number of benzene rings is 2. The molecule has 2 aromatic carbocycles. The van der Waals surface area contributed by atoms with Crippen LogP contribution in [0.15, 0.2) is 54.6 Å². The molecule has 4 rings (SSSR count). The Bertz CT molecular complexity index is 737. The summed E-state index contributed by atoms with van der Waals surface area (Å²) in [6.45, 7) is 3.67. The Morgan fingerprint density at radius 3 is 2.46 bits per heavy atom. The summed E-state index contributed by atoms with van der Waals surface area (Å²) in [5, 5.41) is 0. The van der Waals surface area contributed by atoms with Crippen molar-refractivity contribution in [3.63, 3.8) is 0 Å². The zero-order valence-corrected chi connectivity index (χ0v) is 15.4. The fourth-order valence-electron chi connectivity index (χ4n) is 3.78. The number of likely N-dealkylation sites (tertiary alicyclic amines) is 1. The maximum absolute atomic E-state index is 13.1. The Hall–Kier alpha value is -2.13. The lowest BCUT2D eigenvalue weighted by atomic mass is 10.0. The molecule has 3 nitrogen and oxygen atoms in total. The summed E-state index contributed by atoms with van der Waals surface area (Å²) < 4.78 is 6.25. The standard InChI is InChI=1S/C23H27NO2/c1-17-7-11-20(12-8-17)23(25)24-14-13-22(26-16-19-9-10-19)21(24)15-18-5-3-2-4-6-18/h2-8,11-12,19,21-22H,9-10,13-16H2,1H3/t21-,22+/m0/s1. The Morgan fingerprint density at radius 1 is 1.04 bits per heavy atom. The molecule has 2 aliphatic rings. The molecular weight excluding hydrogens is 322 g/mol. The molecule has 1 amide bonds. The van der Waals surface area contributed by atoms with Gasteiger partial charge in [0.15, 0.2) is 0 Å². The number of hydrogen-bond acceptors (Lipinski definition) is 2. The van der Waals surface area contributed by atoms with Gasteiger partial charge in [0.05, 0.1) is 12.1 Å². The van der Waals surface area contributed by atoms with Crippen molar-refractivity contribution in [2.75, 3.05) is 13.2 Å². The first-order valence-electron chi connectivity index (χ1n) is 9.74. The zero-order valence-electron chi connectivity index (χ0n) is 15.4. The average Bonchev–Trinajstić information content (AvgIpc) is 3.42. The summed E-state index contributed by atoms with van der Waals surface area (Å²) >= 11 is 0. The lowest BCUT2D eigenvalue weighted by Crippen LogP contribution is -2.42. The van der Waals surface area contributed by atoms with Crippen LogP contribution in [-0.4, -0.2) is 36.1 Å². The molecule has 1 saturated carbocycles. The van der Waals surface area contributed by atoms with Crippen molar-refractivity contribution in [2.45, 2.75) is 44.8 Å². The Kier molecular flexibility index (Phi) is 5.07. The first-order valence-corrected chi connectivity index (χ1v) is 9.74. The van der Waals surface area contributed by atoms with Crippen LogP contribution in [0.3, 0.4) is 0 Å². The molecule has 1 aliphatic heterocycles.